The summed E-state index contributed by atoms with van der Waals surface area (Å²) in [5.74, 6) is 0.0752. The Morgan fingerprint density at radius 2 is 1.88 bits per heavy atom. The largest absolute Gasteiger partial charge is 0.496 e. The molecule has 6 nitrogen and oxygen atoms in total. The van der Waals surface area contributed by atoms with Crippen molar-refractivity contribution < 1.29 is 19.1 Å². The number of hydrogen-bond donors (Lipinski definition) is 2. The van der Waals surface area contributed by atoms with Crippen LogP contribution >= 0.6 is 11.6 Å². The molecule has 2 N–H and O–H groups in total. The Kier molecular flexibility index (Phi) is 7.44. The number of hydrogen-bond acceptors (Lipinski definition) is 5. The van der Waals surface area contributed by atoms with Crippen LogP contribution in [0.15, 0.2) is 42.5 Å². The summed E-state index contributed by atoms with van der Waals surface area (Å²) in [4.78, 5) is 23.6. The predicted molar refractivity (Wildman–Crippen MR) is 101 cm³/mol. The fraction of sp³-hybridized carbons (Fsp3) is 0.263. The lowest BCUT2D eigenvalue weighted by Gasteiger charge is -2.11. The summed E-state index contributed by atoms with van der Waals surface area (Å²) in [5, 5.41) is 6.10. The molecule has 2 rings (SSSR count). The summed E-state index contributed by atoms with van der Waals surface area (Å²) < 4.78 is 9.96. The van der Waals surface area contributed by atoms with Crippen LogP contribution in [0.3, 0.4) is 0 Å². The molecule has 0 bridgehead atoms. The van der Waals surface area contributed by atoms with E-state index < -0.39 is 5.97 Å². The number of rotatable bonds is 8. The molecule has 0 fully saturated rings. The van der Waals surface area contributed by atoms with Crippen LogP contribution in [0, 0.1) is 0 Å². The zero-order valence-corrected chi connectivity index (χ0v) is 15.4. The number of amides is 1. The Morgan fingerprint density at radius 1 is 1.12 bits per heavy atom. The van der Waals surface area contributed by atoms with E-state index in [1.54, 1.807) is 13.2 Å². The average Bonchev–Trinajstić information content (AvgIpc) is 2.66. The summed E-state index contributed by atoms with van der Waals surface area (Å²) in [5.41, 5.74) is 1.75. The van der Waals surface area contributed by atoms with Gasteiger partial charge in [0.05, 0.1) is 37.0 Å². The molecule has 26 heavy (non-hydrogen) atoms. The topological polar surface area (TPSA) is 76.7 Å². The van der Waals surface area contributed by atoms with Crippen LogP contribution in [-0.2, 0) is 16.0 Å². The van der Waals surface area contributed by atoms with Crippen molar-refractivity contribution in [1.82, 2.24) is 5.32 Å². The molecule has 0 radical (unpaired) electrons. The first-order valence-corrected chi connectivity index (χ1v) is 8.43. The van der Waals surface area contributed by atoms with Gasteiger partial charge in [-0.25, -0.2) is 4.79 Å². The van der Waals surface area contributed by atoms with Crippen molar-refractivity contribution in [2.24, 2.45) is 0 Å². The van der Waals surface area contributed by atoms with Gasteiger partial charge in [-0.2, -0.15) is 0 Å². The number of para-hydroxylation sites is 1. The van der Waals surface area contributed by atoms with Gasteiger partial charge < -0.3 is 20.1 Å². The molecule has 0 unspecified atom stereocenters. The maximum absolute atomic E-state index is 12.1. The minimum absolute atomic E-state index is 0.119. The SMILES string of the molecule is COC(=O)c1ccc(Cl)c(NC(=O)CNCCc2ccccc2OC)c1. The number of esters is 1. The molecule has 0 saturated heterocycles. The van der Waals surface area contributed by atoms with Crippen LogP contribution in [-0.4, -0.2) is 39.2 Å². The highest BCUT2D eigenvalue weighted by molar-refractivity contribution is 6.33. The number of nitrogens with one attached hydrogen (secondary N) is 2. The molecular formula is C19H21ClN2O4. The normalized spacial score (nSPS) is 10.3. The first kappa shape index (κ1) is 19.8. The van der Waals surface area contributed by atoms with E-state index in [4.69, 9.17) is 16.3 Å². The van der Waals surface area contributed by atoms with Crippen LogP contribution < -0.4 is 15.4 Å². The molecular weight excluding hydrogens is 356 g/mol. The van der Waals surface area contributed by atoms with Gasteiger partial charge in [0.25, 0.3) is 0 Å². The van der Waals surface area contributed by atoms with E-state index >= 15 is 0 Å². The molecule has 0 saturated carbocycles. The number of carbonyl (C=O) groups is 2. The molecule has 1 amide bonds. The van der Waals surface area contributed by atoms with Crippen LogP contribution in [0.4, 0.5) is 5.69 Å². The quantitative estimate of drug-likeness (QED) is 0.547. The fourth-order valence-corrected chi connectivity index (χ4v) is 2.56. The van der Waals surface area contributed by atoms with Crippen LogP contribution in [0.25, 0.3) is 0 Å². The van der Waals surface area contributed by atoms with Gasteiger partial charge in [0, 0.05) is 0 Å². The first-order valence-electron chi connectivity index (χ1n) is 8.05. The molecule has 0 aliphatic heterocycles. The first-order chi connectivity index (χ1) is 12.5. The number of carbonyl (C=O) groups excluding carboxylic acids is 2. The Balaban J connectivity index is 1.84. The van der Waals surface area contributed by atoms with Crippen molar-refractivity contribution in [2.45, 2.75) is 6.42 Å². The van der Waals surface area contributed by atoms with Gasteiger partial charge in [0.15, 0.2) is 0 Å². The van der Waals surface area contributed by atoms with Crippen molar-refractivity contribution in [2.75, 3.05) is 32.6 Å². The van der Waals surface area contributed by atoms with Crippen molar-refractivity contribution in [3.8, 4) is 5.75 Å². The summed E-state index contributed by atoms with van der Waals surface area (Å²) in [6.45, 7) is 0.734. The highest BCUT2D eigenvalue weighted by atomic mass is 35.5. The number of benzene rings is 2. The van der Waals surface area contributed by atoms with Gasteiger partial charge in [-0.05, 0) is 42.8 Å². The highest BCUT2D eigenvalue weighted by Gasteiger charge is 2.11. The van der Waals surface area contributed by atoms with Crippen LogP contribution in [0.5, 0.6) is 5.75 Å². The Hall–Kier alpha value is -2.57. The van der Waals surface area contributed by atoms with Gasteiger partial charge in [0.2, 0.25) is 5.91 Å². The van der Waals surface area contributed by atoms with Crippen LogP contribution in [0.1, 0.15) is 15.9 Å². The average molecular weight is 377 g/mol. The second-order valence-electron chi connectivity index (χ2n) is 5.47. The second kappa shape index (κ2) is 9.79. The maximum Gasteiger partial charge on any atom is 0.337 e. The summed E-state index contributed by atoms with van der Waals surface area (Å²) in [6.07, 6.45) is 0.732. The van der Waals surface area contributed by atoms with E-state index in [1.807, 2.05) is 24.3 Å². The third-order valence-corrected chi connectivity index (χ3v) is 4.04. The number of anilines is 1. The standard InChI is InChI=1S/C19H21ClN2O4/c1-25-17-6-4-3-5-13(17)9-10-21-12-18(23)22-16-11-14(19(24)26-2)7-8-15(16)20/h3-8,11,21H,9-10,12H2,1-2H3,(H,22,23). The molecule has 2 aromatic carbocycles. The summed E-state index contributed by atoms with van der Waals surface area (Å²) in [6, 6.07) is 12.3. The zero-order valence-electron chi connectivity index (χ0n) is 14.7. The van der Waals surface area contributed by atoms with Gasteiger partial charge in [-0.1, -0.05) is 29.8 Å². The molecule has 0 spiro atoms. The van der Waals surface area contributed by atoms with Crippen LogP contribution in [0.2, 0.25) is 5.02 Å². The third kappa shape index (κ3) is 5.47. The molecule has 138 valence electrons. The lowest BCUT2D eigenvalue weighted by atomic mass is 10.1. The van der Waals surface area contributed by atoms with Gasteiger partial charge in [0.1, 0.15) is 5.75 Å². The minimum Gasteiger partial charge on any atom is -0.496 e. The Labute approximate surface area is 157 Å². The molecule has 0 heterocycles. The molecule has 7 heteroatoms. The lowest BCUT2D eigenvalue weighted by molar-refractivity contribution is -0.115. The van der Waals surface area contributed by atoms with Crippen molar-refractivity contribution in [3.05, 3.63) is 58.6 Å². The van der Waals surface area contributed by atoms with Crippen molar-refractivity contribution >= 4 is 29.2 Å². The second-order valence-corrected chi connectivity index (χ2v) is 5.88. The smallest absolute Gasteiger partial charge is 0.337 e. The fourth-order valence-electron chi connectivity index (χ4n) is 2.39. The predicted octanol–water partition coefficient (Wildman–Crippen LogP) is 2.91. The van der Waals surface area contributed by atoms with E-state index in [0.29, 0.717) is 22.8 Å². The van der Waals surface area contributed by atoms with E-state index in [-0.39, 0.29) is 12.5 Å². The molecule has 2 aromatic rings. The number of methoxy groups -OCH3 is 2. The van der Waals surface area contributed by atoms with E-state index in [0.717, 1.165) is 17.7 Å². The van der Waals surface area contributed by atoms with Gasteiger partial charge >= 0.3 is 5.97 Å². The molecule has 0 atom stereocenters. The Morgan fingerprint density at radius 3 is 2.62 bits per heavy atom. The molecule has 0 aliphatic rings. The maximum atomic E-state index is 12.1. The Bertz CT molecular complexity index is 780. The highest BCUT2D eigenvalue weighted by Crippen LogP contribution is 2.23. The van der Waals surface area contributed by atoms with E-state index in [2.05, 4.69) is 15.4 Å². The monoisotopic (exact) mass is 376 g/mol. The minimum atomic E-state index is -0.493. The van der Waals surface area contributed by atoms with Crippen molar-refractivity contribution in [3.63, 3.8) is 0 Å². The number of halogens is 1. The molecule has 0 aliphatic carbocycles. The van der Waals surface area contributed by atoms with Crippen molar-refractivity contribution in [1.29, 1.82) is 0 Å². The summed E-state index contributed by atoms with van der Waals surface area (Å²) in [7, 11) is 2.92. The molecule has 0 aromatic heterocycles. The van der Waals surface area contributed by atoms with E-state index in [1.165, 1.54) is 19.2 Å². The summed E-state index contributed by atoms with van der Waals surface area (Å²) >= 11 is 6.06. The van der Waals surface area contributed by atoms with Gasteiger partial charge in [-0.15, -0.1) is 0 Å². The van der Waals surface area contributed by atoms with E-state index in [9.17, 15) is 9.59 Å². The third-order valence-electron chi connectivity index (χ3n) is 3.71. The number of ether oxygens (including phenoxy) is 2. The van der Waals surface area contributed by atoms with Gasteiger partial charge in [-0.3, -0.25) is 4.79 Å². The zero-order chi connectivity index (χ0) is 18.9. The lowest BCUT2D eigenvalue weighted by Crippen LogP contribution is -2.29.